The number of hydrogen-bond donors (Lipinski definition) is 1. The van der Waals surface area contributed by atoms with Crippen molar-refractivity contribution in [3.63, 3.8) is 0 Å². The van der Waals surface area contributed by atoms with E-state index in [1.807, 2.05) is 13.8 Å². The van der Waals surface area contributed by atoms with Crippen LogP contribution in [0.25, 0.3) is 0 Å². The molecule has 1 rings (SSSR count). The first-order valence-electron chi connectivity index (χ1n) is 6.91. The van der Waals surface area contributed by atoms with Crippen LogP contribution >= 0.6 is 0 Å². The number of rotatable bonds is 5. The predicted octanol–water partition coefficient (Wildman–Crippen LogP) is -0.308. The average molecular weight is 271 g/mol. The third-order valence-electron chi connectivity index (χ3n) is 3.51. The van der Waals surface area contributed by atoms with E-state index >= 15 is 0 Å². The molecule has 1 aliphatic rings. The van der Waals surface area contributed by atoms with Crippen molar-refractivity contribution >= 4 is 11.8 Å². The number of piperazine rings is 1. The lowest BCUT2D eigenvalue weighted by Gasteiger charge is -2.32. The molecule has 1 N–H and O–H groups in total. The highest BCUT2D eigenvalue weighted by molar-refractivity contribution is 6.35. The Kier molecular flexibility index (Phi) is 6.80. The fourth-order valence-corrected chi connectivity index (χ4v) is 2.06. The zero-order chi connectivity index (χ0) is 14.3. The molecule has 0 aromatic heterocycles. The molecule has 1 atom stereocenters. The highest BCUT2D eigenvalue weighted by Crippen LogP contribution is 2.06. The second-order valence-electron chi connectivity index (χ2n) is 4.79. The summed E-state index contributed by atoms with van der Waals surface area (Å²) in [6.45, 7) is 7.58. The lowest BCUT2D eigenvalue weighted by Crippen LogP contribution is -2.54. The minimum atomic E-state index is -0.409. The van der Waals surface area contributed by atoms with Crippen LogP contribution in [0.3, 0.4) is 0 Å². The maximum Gasteiger partial charge on any atom is 0.312 e. The Bertz CT molecular complexity index is 304. The largest absolute Gasteiger partial charge is 0.383 e. The number of nitrogens with one attached hydrogen (secondary N) is 1. The van der Waals surface area contributed by atoms with Crippen molar-refractivity contribution in [2.75, 3.05) is 46.4 Å². The molecule has 0 radical (unpaired) electrons. The Morgan fingerprint density at radius 3 is 2.53 bits per heavy atom. The SMILES string of the molecule is CCC(C)N(CCOC)C(=O)C(=O)N1CCNCC1. The first-order chi connectivity index (χ1) is 9.11. The summed E-state index contributed by atoms with van der Waals surface area (Å²) in [4.78, 5) is 27.7. The second-order valence-corrected chi connectivity index (χ2v) is 4.79. The summed E-state index contributed by atoms with van der Waals surface area (Å²) in [7, 11) is 1.59. The lowest BCUT2D eigenvalue weighted by atomic mass is 10.2. The van der Waals surface area contributed by atoms with E-state index in [-0.39, 0.29) is 6.04 Å². The number of methoxy groups -OCH3 is 1. The molecule has 2 amide bonds. The van der Waals surface area contributed by atoms with Crippen molar-refractivity contribution in [1.82, 2.24) is 15.1 Å². The van der Waals surface area contributed by atoms with Crippen molar-refractivity contribution < 1.29 is 14.3 Å². The van der Waals surface area contributed by atoms with Crippen LogP contribution in [-0.4, -0.2) is 74.1 Å². The summed E-state index contributed by atoms with van der Waals surface area (Å²) in [6, 6.07) is 0.0505. The predicted molar refractivity (Wildman–Crippen MR) is 72.8 cm³/mol. The Morgan fingerprint density at radius 2 is 2.00 bits per heavy atom. The van der Waals surface area contributed by atoms with Crippen LogP contribution in [0.4, 0.5) is 0 Å². The van der Waals surface area contributed by atoms with Crippen molar-refractivity contribution in [1.29, 1.82) is 0 Å². The van der Waals surface area contributed by atoms with Crippen molar-refractivity contribution in [3.05, 3.63) is 0 Å². The van der Waals surface area contributed by atoms with Gasteiger partial charge in [-0.1, -0.05) is 6.92 Å². The highest BCUT2D eigenvalue weighted by Gasteiger charge is 2.29. The molecule has 110 valence electrons. The van der Waals surface area contributed by atoms with Crippen molar-refractivity contribution in [2.45, 2.75) is 26.3 Å². The van der Waals surface area contributed by atoms with Gasteiger partial charge in [-0.25, -0.2) is 0 Å². The minimum absolute atomic E-state index is 0.0505. The van der Waals surface area contributed by atoms with E-state index in [4.69, 9.17) is 4.74 Å². The number of nitrogens with zero attached hydrogens (tertiary/aromatic N) is 2. The molecule has 0 aromatic carbocycles. The summed E-state index contributed by atoms with van der Waals surface area (Å²) in [6.07, 6.45) is 0.824. The van der Waals surface area contributed by atoms with Gasteiger partial charge in [-0.3, -0.25) is 9.59 Å². The van der Waals surface area contributed by atoms with Gasteiger partial charge in [-0.15, -0.1) is 0 Å². The van der Waals surface area contributed by atoms with Crippen LogP contribution in [0.15, 0.2) is 0 Å². The van der Waals surface area contributed by atoms with E-state index in [2.05, 4.69) is 5.32 Å². The van der Waals surface area contributed by atoms with Crippen LogP contribution < -0.4 is 5.32 Å². The normalized spacial score (nSPS) is 17.1. The van der Waals surface area contributed by atoms with Crippen molar-refractivity contribution in [2.24, 2.45) is 0 Å². The van der Waals surface area contributed by atoms with Gasteiger partial charge in [0.2, 0.25) is 0 Å². The Hall–Kier alpha value is -1.14. The summed E-state index contributed by atoms with van der Waals surface area (Å²) in [5.74, 6) is -0.800. The Labute approximate surface area is 115 Å². The van der Waals surface area contributed by atoms with E-state index in [1.165, 1.54) is 0 Å². The van der Waals surface area contributed by atoms with Crippen molar-refractivity contribution in [3.8, 4) is 0 Å². The van der Waals surface area contributed by atoms with E-state index in [0.717, 1.165) is 19.5 Å². The van der Waals surface area contributed by atoms with E-state index in [1.54, 1.807) is 16.9 Å². The molecule has 1 aliphatic heterocycles. The van der Waals surface area contributed by atoms with Crippen LogP contribution in [0.2, 0.25) is 0 Å². The summed E-state index contributed by atoms with van der Waals surface area (Å²) < 4.78 is 5.01. The van der Waals surface area contributed by atoms with E-state index in [9.17, 15) is 9.59 Å². The standard InChI is InChI=1S/C13H25N3O3/c1-4-11(2)16(9-10-19-3)13(18)12(17)15-7-5-14-6-8-15/h11,14H,4-10H2,1-3H3. The molecular weight excluding hydrogens is 246 g/mol. The van der Waals surface area contributed by atoms with Gasteiger partial charge in [0, 0.05) is 45.9 Å². The van der Waals surface area contributed by atoms with E-state index < -0.39 is 11.8 Å². The minimum Gasteiger partial charge on any atom is -0.383 e. The molecule has 1 unspecified atom stereocenters. The molecule has 19 heavy (non-hydrogen) atoms. The van der Waals surface area contributed by atoms with Crippen LogP contribution in [0.1, 0.15) is 20.3 Å². The van der Waals surface area contributed by atoms with Crippen LogP contribution in [0, 0.1) is 0 Å². The fraction of sp³-hybridized carbons (Fsp3) is 0.846. The molecule has 1 fully saturated rings. The van der Waals surface area contributed by atoms with E-state index in [0.29, 0.717) is 26.2 Å². The zero-order valence-electron chi connectivity index (χ0n) is 12.1. The zero-order valence-corrected chi connectivity index (χ0v) is 12.1. The smallest absolute Gasteiger partial charge is 0.312 e. The van der Waals surface area contributed by atoms with Gasteiger partial charge in [0.15, 0.2) is 0 Å². The molecule has 1 saturated heterocycles. The van der Waals surface area contributed by atoms with Gasteiger partial charge < -0.3 is 19.9 Å². The maximum absolute atomic E-state index is 12.3. The lowest BCUT2D eigenvalue weighted by molar-refractivity contribution is -0.153. The molecule has 0 aromatic rings. The highest BCUT2D eigenvalue weighted by atomic mass is 16.5. The van der Waals surface area contributed by atoms with Crippen LogP contribution in [-0.2, 0) is 14.3 Å². The topological polar surface area (TPSA) is 61.9 Å². The number of carbonyl (C=O) groups is 2. The first kappa shape index (κ1) is 15.9. The van der Waals surface area contributed by atoms with Gasteiger partial charge >= 0.3 is 11.8 Å². The molecule has 0 aliphatic carbocycles. The molecule has 6 heteroatoms. The number of ether oxygens (including phenoxy) is 1. The molecular formula is C13H25N3O3. The second kappa shape index (κ2) is 8.12. The monoisotopic (exact) mass is 271 g/mol. The van der Waals surface area contributed by atoms with Gasteiger partial charge in [0.1, 0.15) is 0 Å². The third-order valence-corrected chi connectivity index (χ3v) is 3.51. The van der Waals surface area contributed by atoms with Crippen LogP contribution in [0.5, 0.6) is 0 Å². The van der Waals surface area contributed by atoms with Gasteiger partial charge in [-0.2, -0.15) is 0 Å². The molecule has 6 nitrogen and oxygen atoms in total. The Balaban J connectivity index is 2.65. The molecule has 0 spiro atoms. The summed E-state index contributed by atoms with van der Waals surface area (Å²) in [5.41, 5.74) is 0. The number of hydrogen-bond acceptors (Lipinski definition) is 4. The Morgan fingerprint density at radius 1 is 1.37 bits per heavy atom. The van der Waals surface area contributed by atoms with Gasteiger partial charge in [0.05, 0.1) is 6.61 Å². The first-order valence-corrected chi connectivity index (χ1v) is 6.91. The molecule has 0 bridgehead atoms. The summed E-state index contributed by atoms with van der Waals surface area (Å²) >= 11 is 0. The van der Waals surface area contributed by atoms with Gasteiger partial charge in [-0.05, 0) is 13.3 Å². The third kappa shape index (κ3) is 4.47. The van der Waals surface area contributed by atoms with Gasteiger partial charge in [0.25, 0.3) is 0 Å². The molecule has 0 saturated carbocycles. The quantitative estimate of drug-likeness (QED) is 0.697. The fourth-order valence-electron chi connectivity index (χ4n) is 2.06. The number of amides is 2. The molecule has 1 heterocycles. The average Bonchev–Trinajstić information content (AvgIpc) is 2.47. The maximum atomic E-state index is 12.3. The number of carbonyl (C=O) groups excluding carboxylic acids is 2. The summed E-state index contributed by atoms with van der Waals surface area (Å²) in [5, 5.41) is 3.17.